The van der Waals surface area contributed by atoms with E-state index in [1.165, 1.54) is 0 Å². The van der Waals surface area contributed by atoms with Crippen LogP contribution < -0.4 is 5.73 Å². The molecule has 1 rings (SSSR count). The minimum atomic E-state index is -4.88. The molecule has 0 saturated heterocycles. The molecule has 100 valence electrons. The van der Waals surface area contributed by atoms with Gasteiger partial charge in [0.15, 0.2) is 0 Å². The van der Waals surface area contributed by atoms with E-state index >= 15 is 0 Å². The fourth-order valence-corrected chi connectivity index (χ4v) is 1.33. The third-order valence-electron chi connectivity index (χ3n) is 2.10. The highest BCUT2D eigenvalue weighted by molar-refractivity contribution is 5.74. The van der Waals surface area contributed by atoms with Crippen molar-refractivity contribution in [2.75, 3.05) is 5.73 Å². The van der Waals surface area contributed by atoms with Gasteiger partial charge in [0, 0.05) is 11.8 Å². The van der Waals surface area contributed by atoms with Gasteiger partial charge in [-0.15, -0.1) is 0 Å². The van der Waals surface area contributed by atoms with Crippen molar-refractivity contribution < 1.29 is 31.9 Å². The molecule has 0 aliphatic rings. The number of rotatable bonds is 3. The van der Waals surface area contributed by atoms with Crippen molar-refractivity contribution in [1.82, 2.24) is 4.98 Å². The van der Waals surface area contributed by atoms with Crippen LogP contribution in [-0.2, 0) is 17.4 Å². The lowest BCUT2D eigenvalue weighted by Gasteiger charge is -2.15. The molecule has 1 aromatic heterocycles. The first-order chi connectivity index (χ1) is 8.14. The number of nitrogens with two attached hydrogens (primary N) is 1. The van der Waals surface area contributed by atoms with Crippen LogP contribution in [0.2, 0.25) is 0 Å². The summed E-state index contributed by atoms with van der Waals surface area (Å²) in [4.78, 5) is 13.4. The zero-order valence-corrected chi connectivity index (χ0v) is 8.63. The predicted molar refractivity (Wildman–Crippen MR) is 49.9 cm³/mol. The number of pyridine rings is 1. The van der Waals surface area contributed by atoms with E-state index in [1.54, 1.807) is 0 Å². The Hall–Kier alpha value is -1.93. The van der Waals surface area contributed by atoms with Crippen LogP contribution in [0, 0.1) is 0 Å². The van der Waals surface area contributed by atoms with Gasteiger partial charge >= 0.3 is 12.1 Å². The lowest BCUT2D eigenvalue weighted by Crippen LogP contribution is -2.16. The first-order valence-electron chi connectivity index (χ1n) is 4.49. The van der Waals surface area contributed by atoms with Crippen molar-refractivity contribution in [3.63, 3.8) is 0 Å². The van der Waals surface area contributed by atoms with Crippen LogP contribution in [0.4, 0.5) is 27.6 Å². The molecular weight excluding hydrogens is 263 g/mol. The van der Waals surface area contributed by atoms with Crippen molar-refractivity contribution in [2.45, 2.75) is 19.0 Å². The number of nitrogens with zero attached hydrogens (tertiary/aromatic N) is 1. The summed E-state index contributed by atoms with van der Waals surface area (Å²) in [6, 6.07) is 0. The molecule has 18 heavy (non-hydrogen) atoms. The number of hydrogen-bond donors (Lipinski definition) is 2. The maximum atomic E-state index is 12.5. The molecule has 0 aromatic carbocycles. The lowest BCUT2D eigenvalue weighted by atomic mass is 10.0. The number of carboxylic acid groups (broad SMARTS) is 1. The smallest absolute Gasteiger partial charge is 0.419 e. The summed E-state index contributed by atoms with van der Waals surface area (Å²) in [5.74, 6) is -1.58. The van der Waals surface area contributed by atoms with Crippen LogP contribution in [-0.4, -0.2) is 16.1 Å². The zero-order valence-electron chi connectivity index (χ0n) is 8.63. The van der Waals surface area contributed by atoms with Gasteiger partial charge in [0.1, 0.15) is 5.69 Å². The van der Waals surface area contributed by atoms with Crippen LogP contribution in [0.3, 0.4) is 0 Å². The van der Waals surface area contributed by atoms with Gasteiger partial charge in [-0.1, -0.05) is 0 Å². The fraction of sp³-hybridized carbons (Fsp3) is 0.333. The average molecular weight is 270 g/mol. The van der Waals surface area contributed by atoms with Crippen LogP contribution in [0.1, 0.15) is 23.2 Å². The van der Waals surface area contributed by atoms with E-state index in [0.29, 0.717) is 0 Å². The second-order valence-electron chi connectivity index (χ2n) is 3.32. The van der Waals surface area contributed by atoms with Gasteiger partial charge in [-0.3, -0.25) is 9.78 Å². The van der Waals surface area contributed by atoms with Gasteiger partial charge in [0.2, 0.25) is 0 Å². The molecule has 4 nitrogen and oxygen atoms in total. The van der Waals surface area contributed by atoms with Crippen LogP contribution >= 0.6 is 0 Å². The Morgan fingerprint density at radius 2 is 2.00 bits per heavy atom. The van der Waals surface area contributed by atoms with Crippen LogP contribution in [0.5, 0.6) is 0 Å². The van der Waals surface area contributed by atoms with Gasteiger partial charge in [-0.05, 0) is 0 Å². The number of alkyl halides is 5. The maximum Gasteiger partial charge on any atom is 0.419 e. The largest absolute Gasteiger partial charge is 0.481 e. The van der Waals surface area contributed by atoms with E-state index in [4.69, 9.17) is 10.8 Å². The van der Waals surface area contributed by atoms with Crippen LogP contribution in [0.25, 0.3) is 0 Å². The molecule has 0 spiro atoms. The monoisotopic (exact) mass is 270 g/mol. The van der Waals surface area contributed by atoms with E-state index < -0.39 is 47.5 Å². The predicted octanol–water partition coefficient (Wildman–Crippen LogP) is 2.25. The summed E-state index contributed by atoms with van der Waals surface area (Å²) >= 11 is 0. The highest BCUT2D eigenvalue weighted by Gasteiger charge is 2.36. The second-order valence-corrected chi connectivity index (χ2v) is 3.32. The van der Waals surface area contributed by atoms with Crippen molar-refractivity contribution in [1.29, 1.82) is 0 Å². The standard InChI is InChI=1S/C9H7F5N2O2/c10-8(11)7-3(1-5(17)18)6(15)4(2-16-7)9(12,13)14/h2,8H,1H2,(H2,15,16)(H,17,18). The van der Waals surface area contributed by atoms with Crippen molar-refractivity contribution >= 4 is 11.7 Å². The molecule has 1 aromatic rings. The average Bonchev–Trinajstić information content (AvgIpc) is 2.17. The topological polar surface area (TPSA) is 76.2 Å². The normalized spacial score (nSPS) is 11.9. The minimum absolute atomic E-state index is 0.169. The van der Waals surface area contributed by atoms with E-state index in [2.05, 4.69) is 4.98 Å². The quantitative estimate of drug-likeness (QED) is 0.826. The number of hydrogen-bond acceptors (Lipinski definition) is 3. The maximum absolute atomic E-state index is 12.5. The lowest BCUT2D eigenvalue weighted by molar-refractivity contribution is -0.138. The first-order valence-corrected chi connectivity index (χ1v) is 4.49. The van der Waals surface area contributed by atoms with Gasteiger partial charge in [0.05, 0.1) is 17.7 Å². The number of carbonyl (C=O) groups is 1. The minimum Gasteiger partial charge on any atom is -0.481 e. The third-order valence-corrected chi connectivity index (χ3v) is 2.10. The molecule has 0 saturated carbocycles. The molecule has 0 amide bonds. The molecule has 0 bridgehead atoms. The summed E-state index contributed by atoms with van der Waals surface area (Å²) in [6.07, 6.45) is -8.97. The summed E-state index contributed by atoms with van der Waals surface area (Å²) < 4.78 is 62.3. The number of aliphatic carboxylic acids is 1. The highest BCUT2D eigenvalue weighted by atomic mass is 19.4. The Bertz CT molecular complexity index is 473. The number of anilines is 1. The molecular formula is C9H7F5N2O2. The van der Waals surface area contributed by atoms with E-state index in [9.17, 15) is 26.7 Å². The molecule has 1 heterocycles. The van der Waals surface area contributed by atoms with Gasteiger partial charge in [-0.2, -0.15) is 13.2 Å². The van der Waals surface area contributed by atoms with Gasteiger partial charge in [0.25, 0.3) is 6.43 Å². The van der Waals surface area contributed by atoms with E-state index in [0.717, 1.165) is 0 Å². The molecule has 0 aliphatic heterocycles. The van der Waals surface area contributed by atoms with E-state index in [-0.39, 0.29) is 6.20 Å². The molecule has 0 radical (unpaired) electrons. The highest BCUT2D eigenvalue weighted by Crippen LogP contribution is 2.37. The van der Waals surface area contributed by atoms with E-state index in [1.807, 2.05) is 0 Å². The number of nitrogen functional groups attached to an aromatic ring is 1. The number of halogens is 5. The first kappa shape index (κ1) is 14.1. The SMILES string of the molecule is Nc1c(C(F)(F)F)cnc(C(F)F)c1CC(=O)O. The molecule has 0 atom stereocenters. The summed E-state index contributed by atoms with van der Waals surface area (Å²) in [6.45, 7) is 0. The summed E-state index contributed by atoms with van der Waals surface area (Å²) in [7, 11) is 0. The Kier molecular flexibility index (Phi) is 3.73. The summed E-state index contributed by atoms with van der Waals surface area (Å²) in [5.41, 5.74) is 0.774. The second kappa shape index (κ2) is 4.75. The van der Waals surface area contributed by atoms with Crippen molar-refractivity contribution in [3.8, 4) is 0 Å². The Labute approximate surface area is 97.2 Å². The molecule has 9 heteroatoms. The number of carboxylic acids is 1. The zero-order chi connectivity index (χ0) is 14.1. The Morgan fingerprint density at radius 3 is 2.39 bits per heavy atom. The van der Waals surface area contributed by atoms with Crippen LogP contribution in [0.15, 0.2) is 6.20 Å². The van der Waals surface area contributed by atoms with Gasteiger partial charge in [-0.25, -0.2) is 8.78 Å². The molecule has 3 N–H and O–H groups in total. The van der Waals surface area contributed by atoms with Crippen molar-refractivity contribution in [3.05, 3.63) is 23.0 Å². The fourth-order valence-electron chi connectivity index (χ4n) is 1.33. The number of aromatic nitrogens is 1. The summed E-state index contributed by atoms with van der Waals surface area (Å²) in [5, 5.41) is 8.48. The Balaban J connectivity index is 3.44. The van der Waals surface area contributed by atoms with Crippen molar-refractivity contribution in [2.24, 2.45) is 0 Å². The molecule has 0 fully saturated rings. The molecule has 0 unspecified atom stereocenters. The third kappa shape index (κ3) is 2.84. The molecule has 0 aliphatic carbocycles. The Morgan fingerprint density at radius 1 is 1.44 bits per heavy atom. The van der Waals surface area contributed by atoms with Gasteiger partial charge < -0.3 is 10.8 Å².